The van der Waals surface area contributed by atoms with E-state index in [1.54, 1.807) is 0 Å². The summed E-state index contributed by atoms with van der Waals surface area (Å²) >= 11 is 0. The third kappa shape index (κ3) is 2.38. The highest BCUT2D eigenvalue weighted by Crippen LogP contribution is 2.36. The Kier molecular flexibility index (Phi) is 3.32. The molecule has 5 rings (SSSR count). The average Bonchev–Trinajstić information content (AvgIpc) is 3.24. The molecule has 2 heteroatoms. The van der Waals surface area contributed by atoms with E-state index >= 15 is 0 Å². The Balaban J connectivity index is 1.75. The Morgan fingerprint density at radius 3 is 2.58 bits per heavy atom. The molecule has 3 aromatic carbocycles. The molecule has 0 unspecified atom stereocenters. The first kappa shape index (κ1) is 15.2. The van der Waals surface area contributed by atoms with Gasteiger partial charge >= 0.3 is 0 Å². The lowest BCUT2D eigenvalue weighted by Gasteiger charge is -2.13. The second-order valence-electron chi connectivity index (χ2n) is 7.21. The molecule has 0 spiro atoms. The first-order valence-electron chi connectivity index (χ1n) is 9.03. The average molecular weight is 336 g/mol. The first-order chi connectivity index (χ1) is 12.7. The van der Waals surface area contributed by atoms with Crippen molar-refractivity contribution in [3.05, 3.63) is 89.1 Å². The van der Waals surface area contributed by atoms with Gasteiger partial charge in [-0.25, -0.2) is 4.68 Å². The minimum Gasteiger partial charge on any atom is -0.233 e. The monoisotopic (exact) mass is 336 g/mol. The van der Waals surface area contributed by atoms with Gasteiger partial charge in [-0.05, 0) is 60.7 Å². The molecule has 1 aliphatic rings. The van der Waals surface area contributed by atoms with Gasteiger partial charge < -0.3 is 0 Å². The summed E-state index contributed by atoms with van der Waals surface area (Å²) in [5.41, 5.74) is 10.3. The molecular formula is C24H20N2. The lowest BCUT2D eigenvalue weighted by molar-refractivity contribution is 0.908. The first-order valence-corrected chi connectivity index (χ1v) is 9.03. The summed E-state index contributed by atoms with van der Waals surface area (Å²) in [5.74, 6) is 0. The molecule has 1 aliphatic carbocycles. The van der Waals surface area contributed by atoms with Crippen molar-refractivity contribution < 1.29 is 0 Å². The van der Waals surface area contributed by atoms with Crippen LogP contribution in [-0.2, 0) is 6.42 Å². The predicted molar refractivity (Wildman–Crippen MR) is 109 cm³/mol. The number of benzene rings is 3. The maximum atomic E-state index is 4.66. The maximum absolute atomic E-state index is 4.66. The summed E-state index contributed by atoms with van der Waals surface area (Å²) < 4.78 is 2.06. The molecule has 0 radical (unpaired) electrons. The molecule has 1 heterocycles. The molecule has 1 aromatic heterocycles. The smallest absolute Gasteiger partial charge is 0.0741 e. The van der Waals surface area contributed by atoms with Crippen LogP contribution in [0, 0.1) is 6.92 Å². The second kappa shape index (κ2) is 5.70. The molecule has 26 heavy (non-hydrogen) atoms. The zero-order chi connectivity index (χ0) is 17.7. The van der Waals surface area contributed by atoms with Gasteiger partial charge in [-0.2, -0.15) is 5.10 Å². The number of fused-ring (bicyclic) bond motifs is 2. The van der Waals surface area contributed by atoms with Crippen LogP contribution in [0.2, 0.25) is 0 Å². The molecule has 0 saturated carbocycles. The molecule has 126 valence electrons. The lowest BCUT2D eigenvalue weighted by Crippen LogP contribution is -1.99. The Morgan fingerprint density at radius 2 is 1.73 bits per heavy atom. The van der Waals surface area contributed by atoms with Gasteiger partial charge in [0.1, 0.15) is 0 Å². The van der Waals surface area contributed by atoms with Crippen LogP contribution < -0.4 is 0 Å². The Labute approximate surface area is 153 Å². The molecular weight excluding hydrogens is 316 g/mol. The number of aryl methyl sites for hydroxylation is 1. The van der Waals surface area contributed by atoms with Crippen molar-refractivity contribution in [1.29, 1.82) is 0 Å². The summed E-state index contributed by atoms with van der Waals surface area (Å²) in [6.45, 7) is 4.34. The van der Waals surface area contributed by atoms with Crippen LogP contribution in [0.5, 0.6) is 0 Å². The van der Waals surface area contributed by atoms with E-state index in [0.29, 0.717) is 0 Å². The molecule has 0 bridgehead atoms. The molecule has 0 N–H and O–H groups in total. The Morgan fingerprint density at radius 1 is 0.923 bits per heavy atom. The van der Waals surface area contributed by atoms with E-state index in [-0.39, 0.29) is 0 Å². The minimum absolute atomic E-state index is 1.02. The van der Waals surface area contributed by atoms with E-state index < -0.39 is 0 Å². The molecule has 0 saturated heterocycles. The highest BCUT2D eigenvalue weighted by Gasteiger charge is 2.18. The number of para-hydroxylation sites is 1. The van der Waals surface area contributed by atoms with E-state index in [1.165, 1.54) is 38.8 Å². The van der Waals surface area contributed by atoms with Crippen molar-refractivity contribution in [1.82, 2.24) is 9.78 Å². The number of rotatable bonds is 2. The van der Waals surface area contributed by atoms with Crippen LogP contribution in [-0.4, -0.2) is 9.78 Å². The van der Waals surface area contributed by atoms with Crippen molar-refractivity contribution in [2.75, 3.05) is 0 Å². The molecule has 2 nitrogen and oxygen atoms in total. The molecule has 4 aromatic rings. The number of aromatic nitrogens is 2. The van der Waals surface area contributed by atoms with Gasteiger partial charge in [-0.3, -0.25) is 0 Å². The van der Waals surface area contributed by atoms with Crippen LogP contribution in [0.15, 0.2) is 72.4 Å². The van der Waals surface area contributed by atoms with Gasteiger partial charge in [0, 0.05) is 5.39 Å². The molecule has 0 aliphatic heterocycles. The second-order valence-corrected chi connectivity index (χ2v) is 7.21. The van der Waals surface area contributed by atoms with E-state index in [9.17, 15) is 0 Å². The lowest BCUT2D eigenvalue weighted by atomic mass is 9.95. The van der Waals surface area contributed by atoms with Gasteiger partial charge in [0.05, 0.1) is 17.4 Å². The van der Waals surface area contributed by atoms with E-state index in [2.05, 4.69) is 90.4 Å². The SMILES string of the molecule is CC1=Cc2c(cc(-n3ncc4ccccc43)cc2-c2ccc(C)cc2)C1. The molecule has 0 fully saturated rings. The van der Waals surface area contributed by atoms with Crippen molar-refractivity contribution in [3.63, 3.8) is 0 Å². The fourth-order valence-corrected chi connectivity index (χ4v) is 3.88. The van der Waals surface area contributed by atoms with Crippen molar-refractivity contribution in [2.24, 2.45) is 0 Å². The maximum Gasteiger partial charge on any atom is 0.0741 e. The highest BCUT2D eigenvalue weighted by atomic mass is 15.3. The van der Waals surface area contributed by atoms with Gasteiger partial charge in [-0.15, -0.1) is 0 Å². The minimum atomic E-state index is 1.02. The molecule has 0 amide bonds. The van der Waals surface area contributed by atoms with Gasteiger partial charge in [0.25, 0.3) is 0 Å². The van der Waals surface area contributed by atoms with E-state index in [4.69, 9.17) is 0 Å². The number of hydrogen-bond donors (Lipinski definition) is 0. The van der Waals surface area contributed by atoms with E-state index in [0.717, 1.165) is 17.6 Å². The van der Waals surface area contributed by atoms with Crippen LogP contribution in [0.25, 0.3) is 33.8 Å². The summed E-state index contributed by atoms with van der Waals surface area (Å²) in [5, 5.41) is 5.82. The summed E-state index contributed by atoms with van der Waals surface area (Å²) in [6, 6.07) is 21.7. The Hall–Kier alpha value is -3.13. The van der Waals surface area contributed by atoms with Crippen LogP contribution >= 0.6 is 0 Å². The largest absolute Gasteiger partial charge is 0.233 e. The van der Waals surface area contributed by atoms with Gasteiger partial charge in [-0.1, -0.05) is 59.7 Å². The topological polar surface area (TPSA) is 17.8 Å². The van der Waals surface area contributed by atoms with Gasteiger partial charge in [0.2, 0.25) is 0 Å². The van der Waals surface area contributed by atoms with Crippen LogP contribution in [0.4, 0.5) is 0 Å². The van der Waals surface area contributed by atoms with Gasteiger partial charge in [0.15, 0.2) is 0 Å². The summed E-state index contributed by atoms with van der Waals surface area (Å²) in [4.78, 5) is 0. The van der Waals surface area contributed by atoms with Crippen molar-refractivity contribution in [3.8, 4) is 16.8 Å². The normalized spacial score (nSPS) is 13.1. The van der Waals surface area contributed by atoms with Crippen LogP contribution in [0.1, 0.15) is 23.6 Å². The predicted octanol–water partition coefficient (Wildman–Crippen LogP) is 5.96. The third-order valence-corrected chi connectivity index (χ3v) is 5.19. The summed E-state index contributed by atoms with van der Waals surface area (Å²) in [7, 11) is 0. The fraction of sp³-hybridized carbons (Fsp3) is 0.125. The highest BCUT2D eigenvalue weighted by molar-refractivity contribution is 5.84. The molecule has 0 atom stereocenters. The number of allylic oxidation sites excluding steroid dienone is 1. The zero-order valence-electron chi connectivity index (χ0n) is 15.0. The summed E-state index contributed by atoms with van der Waals surface area (Å²) in [6.07, 6.45) is 5.29. The number of hydrogen-bond acceptors (Lipinski definition) is 1. The van der Waals surface area contributed by atoms with E-state index in [1.807, 2.05) is 6.20 Å². The standard InChI is InChI=1S/C24H20N2/c1-16-7-9-18(10-8-16)23-14-21(13-20-11-17(2)12-22(20)23)26-24-6-4-3-5-19(24)15-25-26/h3-10,12-15H,11H2,1-2H3. The van der Waals surface area contributed by atoms with Crippen LogP contribution in [0.3, 0.4) is 0 Å². The number of nitrogens with zero attached hydrogens (tertiary/aromatic N) is 2. The fourth-order valence-electron chi connectivity index (χ4n) is 3.88. The van der Waals surface area contributed by atoms with Crippen molar-refractivity contribution in [2.45, 2.75) is 20.3 Å². The zero-order valence-corrected chi connectivity index (χ0v) is 15.0. The van der Waals surface area contributed by atoms with Crippen molar-refractivity contribution >= 4 is 17.0 Å². The Bertz CT molecular complexity index is 1160. The third-order valence-electron chi connectivity index (χ3n) is 5.19. The quantitative estimate of drug-likeness (QED) is 0.441.